The van der Waals surface area contributed by atoms with Crippen LogP contribution in [0.25, 0.3) is 0 Å². The first-order valence-electron chi connectivity index (χ1n) is 5.23. The third kappa shape index (κ3) is 3.03. The van der Waals surface area contributed by atoms with E-state index in [1.807, 2.05) is 6.92 Å². The fourth-order valence-electron chi connectivity index (χ4n) is 1.77. The van der Waals surface area contributed by atoms with Crippen molar-refractivity contribution in [3.05, 3.63) is 0 Å². The lowest BCUT2D eigenvalue weighted by Crippen LogP contribution is -2.59. The van der Waals surface area contributed by atoms with Crippen LogP contribution in [0.1, 0.15) is 26.7 Å². The van der Waals surface area contributed by atoms with Gasteiger partial charge >= 0.3 is 5.97 Å². The van der Waals surface area contributed by atoms with Crippen LogP contribution in [0.5, 0.6) is 0 Å². The van der Waals surface area contributed by atoms with E-state index in [4.69, 9.17) is 5.11 Å². The van der Waals surface area contributed by atoms with Gasteiger partial charge in [0.25, 0.3) is 0 Å². The van der Waals surface area contributed by atoms with Crippen molar-refractivity contribution in [3.8, 4) is 0 Å². The summed E-state index contributed by atoms with van der Waals surface area (Å²) in [5, 5.41) is 10.8. The lowest BCUT2D eigenvalue weighted by atomic mass is 10.1. The van der Waals surface area contributed by atoms with Gasteiger partial charge in [-0.3, -0.25) is 24.6 Å². The number of carbonyl (C=O) groups excluding carboxylic acids is 2. The van der Waals surface area contributed by atoms with E-state index in [0.29, 0.717) is 6.42 Å². The summed E-state index contributed by atoms with van der Waals surface area (Å²) < 4.78 is 0. The second-order valence-corrected chi connectivity index (χ2v) is 4.04. The van der Waals surface area contributed by atoms with Gasteiger partial charge in [-0.2, -0.15) is 0 Å². The largest absolute Gasteiger partial charge is 0.481 e. The number of piperazine rings is 1. The Morgan fingerprint density at radius 1 is 1.62 bits per heavy atom. The van der Waals surface area contributed by atoms with E-state index in [1.54, 1.807) is 11.8 Å². The molecule has 0 aromatic rings. The maximum Gasteiger partial charge on any atom is 0.303 e. The molecule has 0 aromatic carbocycles. The van der Waals surface area contributed by atoms with Crippen molar-refractivity contribution in [1.29, 1.82) is 0 Å². The van der Waals surface area contributed by atoms with Crippen molar-refractivity contribution < 1.29 is 19.5 Å². The number of carboxylic acids is 1. The molecule has 6 heteroatoms. The number of hydrogen-bond donors (Lipinski definition) is 2. The summed E-state index contributed by atoms with van der Waals surface area (Å²) in [4.78, 5) is 34.7. The Hall–Kier alpha value is -1.43. The highest BCUT2D eigenvalue weighted by molar-refractivity contribution is 6.00. The molecule has 90 valence electrons. The highest BCUT2D eigenvalue weighted by Gasteiger charge is 2.32. The number of aliphatic carboxylic acids is 1. The molecule has 0 radical (unpaired) electrons. The zero-order valence-corrected chi connectivity index (χ0v) is 9.40. The molecule has 2 atom stereocenters. The number of nitrogens with zero attached hydrogens (tertiary/aromatic N) is 1. The highest BCUT2D eigenvalue weighted by Crippen LogP contribution is 2.13. The van der Waals surface area contributed by atoms with Crippen LogP contribution in [-0.4, -0.2) is 46.4 Å². The molecule has 0 bridgehead atoms. The third-order valence-corrected chi connectivity index (χ3v) is 2.81. The number of imide groups is 1. The number of carboxylic acid groups (broad SMARTS) is 1. The molecule has 2 unspecified atom stereocenters. The predicted molar refractivity (Wildman–Crippen MR) is 55.6 cm³/mol. The number of hydrogen-bond acceptors (Lipinski definition) is 4. The van der Waals surface area contributed by atoms with Gasteiger partial charge in [-0.25, -0.2) is 0 Å². The van der Waals surface area contributed by atoms with Gasteiger partial charge in [0.05, 0.1) is 12.6 Å². The van der Waals surface area contributed by atoms with Crippen molar-refractivity contribution in [2.45, 2.75) is 38.8 Å². The average molecular weight is 228 g/mol. The summed E-state index contributed by atoms with van der Waals surface area (Å²) in [6.45, 7) is 3.68. The average Bonchev–Trinajstić information content (AvgIpc) is 2.19. The summed E-state index contributed by atoms with van der Waals surface area (Å²) in [7, 11) is 0. The molecule has 2 N–H and O–H groups in total. The van der Waals surface area contributed by atoms with Gasteiger partial charge in [0.1, 0.15) is 0 Å². The minimum Gasteiger partial charge on any atom is -0.481 e. The van der Waals surface area contributed by atoms with Gasteiger partial charge in [0.15, 0.2) is 0 Å². The topological polar surface area (TPSA) is 86.7 Å². The molecule has 0 aliphatic carbocycles. The monoisotopic (exact) mass is 228 g/mol. The normalized spacial score (nSPS) is 24.0. The lowest BCUT2D eigenvalue weighted by Gasteiger charge is -2.36. The summed E-state index contributed by atoms with van der Waals surface area (Å²) in [6.07, 6.45) is 0.473. The van der Waals surface area contributed by atoms with Crippen LogP contribution < -0.4 is 5.32 Å². The zero-order chi connectivity index (χ0) is 12.3. The predicted octanol–water partition coefficient (Wildman–Crippen LogP) is -0.413. The number of nitrogens with one attached hydrogen (secondary N) is 1. The maximum absolute atomic E-state index is 11.4. The molecule has 1 saturated heterocycles. The molecule has 0 aromatic heterocycles. The van der Waals surface area contributed by atoms with Crippen LogP contribution in [-0.2, 0) is 14.4 Å². The SMILES string of the molecule is CC(CCC(=O)O)N1CC(=O)NC(=O)C1C. The molecule has 1 aliphatic heterocycles. The first-order chi connectivity index (χ1) is 7.41. The number of carbonyl (C=O) groups is 3. The number of rotatable bonds is 4. The van der Waals surface area contributed by atoms with Crippen LogP contribution in [0, 0.1) is 0 Å². The van der Waals surface area contributed by atoms with E-state index < -0.39 is 5.97 Å². The summed E-state index contributed by atoms with van der Waals surface area (Å²) in [5.74, 6) is -1.52. The van der Waals surface area contributed by atoms with E-state index in [2.05, 4.69) is 5.32 Å². The van der Waals surface area contributed by atoms with Gasteiger partial charge in [0, 0.05) is 12.5 Å². The van der Waals surface area contributed by atoms with Crippen LogP contribution in [0.2, 0.25) is 0 Å². The van der Waals surface area contributed by atoms with Gasteiger partial charge in [-0.1, -0.05) is 0 Å². The molecule has 0 saturated carbocycles. The first kappa shape index (κ1) is 12.6. The second-order valence-electron chi connectivity index (χ2n) is 4.04. The summed E-state index contributed by atoms with van der Waals surface area (Å²) in [5.41, 5.74) is 0. The molecule has 1 aliphatic rings. The Bertz CT molecular complexity index is 316. The minimum atomic E-state index is -0.868. The summed E-state index contributed by atoms with van der Waals surface area (Å²) >= 11 is 0. The lowest BCUT2D eigenvalue weighted by molar-refractivity contribution is -0.141. The van der Waals surface area contributed by atoms with Gasteiger partial charge < -0.3 is 5.11 Å². The third-order valence-electron chi connectivity index (χ3n) is 2.81. The Balaban J connectivity index is 2.59. The Kier molecular flexibility index (Phi) is 4.00. The smallest absolute Gasteiger partial charge is 0.303 e. The highest BCUT2D eigenvalue weighted by atomic mass is 16.4. The van der Waals surface area contributed by atoms with Gasteiger partial charge in [-0.15, -0.1) is 0 Å². The standard InChI is InChI=1S/C10H16N2O4/c1-6(3-4-9(14)15)12-5-8(13)11-10(16)7(12)2/h6-7H,3-5H2,1-2H3,(H,14,15)(H,11,13,16). The van der Waals surface area contributed by atoms with Gasteiger partial charge in [-0.05, 0) is 20.3 Å². The van der Waals surface area contributed by atoms with Crippen molar-refractivity contribution in [2.75, 3.05) is 6.54 Å². The first-order valence-corrected chi connectivity index (χ1v) is 5.23. The molecule has 6 nitrogen and oxygen atoms in total. The van der Waals surface area contributed by atoms with E-state index >= 15 is 0 Å². The van der Waals surface area contributed by atoms with E-state index in [-0.39, 0.29) is 36.9 Å². The van der Waals surface area contributed by atoms with Crippen molar-refractivity contribution in [2.24, 2.45) is 0 Å². The van der Waals surface area contributed by atoms with Gasteiger partial charge in [0.2, 0.25) is 11.8 Å². The maximum atomic E-state index is 11.4. The Labute approximate surface area is 93.6 Å². The number of amides is 2. The van der Waals surface area contributed by atoms with Crippen molar-refractivity contribution in [1.82, 2.24) is 10.2 Å². The van der Waals surface area contributed by atoms with Crippen LogP contribution in [0.4, 0.5) is 0 Å². The zero-order valence-electron chi connectivity index (χ0n) is 9.40. The summed E-state index contributed by atoms with van der Waals surface area (Å²) in [6, 6.07) is -0.484. The van der Waals surface area contributed by atoms with Crippen molar-refractivity contribution in [3.63, 3.8) is 0 Å². The molecule has 1 fully saturated rings. The van der Waals surface area contributed by atoms with Crippen LogP contribution in [0.15, 0.2) is 0 Å². The van der Waals surface area contributed by atoms with E-state index in [1.165, 1.54) is 0 Å². The van der Waals surface area contributed by atoms with Crippen LogP contribution >= 0.6 is 0 Å². The van der Waals surface area contributed by atoms with Crippen LogP contribution in [0.3, 0.4) is 0 Å². The molecule has 16 heavy (non-hydrogen) atoms. The molecule has 2 amide bonds. The van der Waals surface area contributed by atoms with E-state index in [9.17, 15) is 14.4 Å². The van der Waals surface area contributed by atoms with E-state index in [0.717, 1.165) is 0 Å². The fraction of sp³-hybridized carbons (Fsp3) is 0.700. The molecular formula is C10H16N2O4. The molecular weight excluding hydrogens is 212 g/mol. The molecule has 1 heterocycles. The second kappa shape index (κ2) is 5.07. The Morgan fingerprint density at radius 3 is 2.81 bits per heavy atom. The fourth-order valence-corrected chi connectivity index (χ4v) is 1.77. The van der Waals surface area contributed by atoms with Crippen molar-refractivity contribution >= 4 is 17.8 Å². The Morgan fingerprint density at radius 2 is 2.25 bits per heavy atom. The molecule has 1 rings (SSSR count). The minimum absolute atomic E-state index is 0.0419. The molecule has 0 spiro atoms. The quantitative estimate of drug-likeness (QED) is 0.638.